The van der Waals surface area contributed by atoms with Crippen LogP contribution in [0.4, 0.5) is 10.5 Å². The second-order valence-corrected chi connectivity index (χ2v) is 7.55. The fraction of sp³-hybridized carbons (Fsp3) is 0.300. The number of nitrogens with zero attached hydrogens (tertiary/aromatic N) is 2. The van der Waals surface area contributed by atoms with Gasteiger partial charge in [-0.2, -0.15) is 0 Å². The molecule has 27 heavy (non-hydrogen) atoms. The number of rotatable bonds is 2. The van der Waals surface area contributed by atoms with Crippen LogP contribution < -0.4 is 5.32 Å². The zero-order chi connectivity index (χ0) is 18.4. The van der Waals surface area contributed by atoms with Gasteiger partial charge in [-0.05, 0) is 30.3 Å². The average Bonchev–Trinajstić information content (AvgIpc) is 3.12. The number of amides is 1. The maximum absolute atomic E-state index is 12.1. The van der Waals surface area contributed by atoms with Gasteiger partial charge in [0.2, 0.25) is 0 Å². The summed E-state index contributed by atoms with van der Waals surface area (Å²) in [6, 6.07) is 9.53. The number of ether oxygens (including phenoxy) is 1. The second kappa shape index (κ2) is 6.25. The number of carbonyl (C=O) groups is 1. The number of likely N-dealkylation sites (tertiary alicyclic amines) is 1. The Labute approximate surface area is 161 Å². The first-order chi connectivity index (χ1) is 13.1. The first kappa shape index (κ1) is 16.6. The molecule has 1 saturated heterocycles. The maximum atomic E-state index is 12.1. The number of furan rings is 1. The van der Waals surface area contributed by atoms with Gasteiger partial charge >= 0.3 is 6.09 Å². The Morgan fingerprint density at radius 1 is 1.22 bits per heavy atom. The van der Waals surface area contributed by atoms with Crippen LogP contribution in [0.3, 0.4) is 0 Å². The lowest BCUT2D eigenvalue weighted by Crippen LogP contribution is -2.48. The summed E-state index contributed by atoms with van der Waals surface area (Å²) in [6.45, 7) is 2.38. The molecule has 138 valence electrons. The first-order valence-electron chi connectivity index (χ1n) is 8.96. The van der Waals surface area contributed by atoms with E-state index in [4.69, 9.17) is 20.8 Å². The smallest absolute Gasteiger partial charge is 0.412 e. The predicted octanol–water partition coefficient (Wildman–Crippen LogP) is 4.53. The van der Waals surface area contributed by atoms with Crippen molar-refractivity contribution in [3.63, 3.8) is 0 Å². The van der Waals surface area contributed by atoms with E-state index in [0.29, 0.717) is 5.02 Å². The van der Waals surface area contributed by atoms with Gasteiger partial charge in [0.1, 0.15) is 5.60 Å². The number of halogens is 1. The van der Waals surface area contributed by atoms with E-state index < -0.39 is 11.7 Å². The van der Waals surface area contributed by atoms with E-state index >= 15 is 0 Å². The lowest BCUT2D eigenvalue weighted by molar-refractivity contribution is -0.0395. The van der Waals surface area contributed by atoms with Crippen molar-refractivity contribution >= 4 is 34.4 Å². The maximum Gasteiger partial charge on any atom is 0.412 e. The van der Waals surface area contributed by atoms with Gasteiger partial charge in [-0.3, -0.25) is 15.2 Å². The highest BCUT2D eigenvalue weighted by Gasteiger charge is 2.44. The van der Waals surface area contributed by atoms with Crippen LogP contribution in [-0.4, -0.2) is 29.1 Å². The van der Waals surface area contributed by atoms with Gasteiger partial charge in [-0.25, -0.2) is 4.79 Å². The Kier molecular flexibility index (Phi) is 3.84. The minimum Gasteiger partial charge on any atom is -0.463 e. The topological polar surface area (TPSA) is 67.6 Å². The van der Waals surface area contributed by atoms with Crippen molar-refractivity contribution in [3.05, 3.63) is 59.1 Å². The van der Waals surface area contributed by atoms with Gasteiger partial charge in [0, 0.05) is 48.4 Å². The summed E-state index contributed by atoms with van der Waals surface area (Å²) in [4.78, 5) is 18.9. The first-order valence-corrected chi connectivity index (χ1v) is 9.34. The molecule has 1 amide bonds. The molecule has 5 rings (SSSR count). The van der Waals surface area contributed by atoms with Crippen molar-refractivity contribution in [3.8, 4) is 0 Å². The molecule has 2 aliphatic heterocycles. The SMILES string of the molecule is O=C1Nc2ccc(Cl)cc2C2(CCN(Cc3cc4ccoc4cn3)CC2)O1. The molecule has 7 heteroatoms. The molecule has 0 radical (unpaired) electrons. The number of piperidine rings is 1. The minimum atomic E-state index is -0.610. The Morgan fingerprint density at radius 3 is 2.93 bits per heavy atom. The monoisotopic (exact) mass is 383 g/mol. The predicted molar refractivity (Wildman–Crippen MR) is 102 cm³/mol. The fourth-order valence-electron chi connectivity index (χ4n) is 4.04. The van der Waals surface area contributed by atoms with Crippen molar-refractivity contribution in [1.82, 2.24) is 9.88 Å². The lowest BCUT2D eigenvalue weighted by atomic mass is 9.82. The van der Waals surface area contributed by atoms with Crippen LogP contribution in [-0.2, 0) is 16.9 Å². The van der Waals surface area contributed by atoms with Crippen LogP contribution in [0, 0.1) is 0 Å². The fourth-order valence-corrected chi connectivity index (χ4v) is 4.22. The number of pyridine rings is 1. The molecular weight excluding hydrogens is 366 g/mol. The van der Waals surface area contributed by atoms with Crippen LogP contribution in [0.1, 0.15) is 24.1 Å². The molecule has 1 aromatic carbocycles. The van der Waals surface area contributed by atoms with E-state index in [-0.39, 0.29) is 0 Å². The molecule has 1 fully saturated rings. The van der Waals surface area contributed by atoms with E-state index in [0.717, 1.165) is 60.4 Å². The summed E-state index contributed by atoms with van der Waals surface area (Å²) in [5.74, 6) is 0. The molecule has 3 aromatic rings. The molecule has 0 atom stereocenters. The van der Waals surface area contributed by atoms with Gasteiger partial charge in [0.05, 0.1) is 23.8 Å². The molecular formula is C20H18ClN3O3. The van der Waals surface area contributed by atoms with Crippen molar-refractivity contribution < 1.29 is 13.9 Å². The van der Waals surface area contributed by atoms with Crippen LogP contribution in [0.25, 0.3) is 11.0 Å². The lowest BCUT2D eigenvalue weighted by Gasteiger charge is -2.44. The van der Waals surface area contributed by atoms with Crippen LogP contribution in [0.2, 0.25) is 5.02 Å². The van der Waals surface area contributed by atoms with Gasteiger partial charge in [-0.1, -0.05) is 11.6 Å². The molecule has 0 saturated carbocycles. The number of hydrogen-bond acceptors (Lipinski definition) is 5. The third-order valence-electron chi connectivity index (χ3n) is 5.44. The summed E-state index contributed by atoms with van der Waals surface area (Å²) >= 11 is 6.20. The number of benzene rings is 1. The van der Waals surface area contributed by atoms with E-state index in [1.807, 2.05) is 18.2 Å². The van der Waals surface area contributed by atoms with Crippen LogP contribution >= 0.6 is 11.6 Å². The molecule has 0 bridgehead atoms. The van der Waals surface area contributed by atoms with Gasteiger partial charge in [0.15, 0.2) is 5.58 Å². The quantitative estimate of drug-likeness (QED) is 0.703. The number of anilines is 1. The summed E-state index contributed by atoms with van der Waals surface area (Å²) in [5.41, 5.74) is 2.95. The highest BCUT2D eigenvalue weighted by Crippen LogP contribution is 2.44. The Morgan fingerprint density at radius 2 is 2.07 bits per heavy atom. The Balaban J connectivity index is 1.35. The number of hydrogen-bond donors (Lipinski definition) is 1. The number of fused-ring (bicyclic) bond motifs is 3. The van der Waals surface area contributed by atoms with Crippen LogP contribution in [0.15, 0.2) is 47.2 Å². The second-order valence-electron chi connectivity index (χ2n) is 7.11. The molecule has 2 aliphatic rings. The molecule has 0 aliphatic carbocycles. The molecule has 1 spiro atoms. The normalized spacial score (nSPS) is 18.9. The molecule has 4 heterocycles. The van der Waals surface area contributed by atoms with E-state index in [2.05, 4.69) is 21.3 Å². The van der Waals surface area contributed by atoms with Crippen LogP contribution in [0.5, 0.6) is 0 Å². The molecule has 6 nitrogen and oxygen atoms in total. The molecule has 1 N–H and O–H groups in total. The zero-order valence-electron chi connectivity index (χ0n) is 14.6. The summed E-state index contributed by atoms with van der Waals surface area (Å²) in [7, 11) is 0. The summed E-state index contributed by atoms with van der Waals surface area (Å²) < 4.78 is 11.1. The van der Waals surface area contributed by atoms with E-state index in [1.54, 1.807) is 18.5 Å². The van der Waals surface area contributed by atoms with Crippen molar-refractivity contribution in [2.24, 2.45) is 0 Å². The van der Waals surface area contributed by atoms with E-state index in [1.165, 1.54) is 0 Å². The van der Waals surface area contributed by atoms with Gasteiger partial charge in [-0.15, -0.1) is 0 Å². The van der Waals surface area contributed by atoms with Crippen molar-refractivity contribution in [2.75, 3.05) is 18.4 Å². The zero-order valence-corrected chi connectivity index (χ0v) is 15.3. The van der Waals surface area contributed by atoms with Gasteiger partial charge in [0.25, 0.3) is 0 Å². The third kappa shape index (κ3) is 2.95. The summed E-state index contributed by atoms with van der Waals surface area (Å²) in [5, 5.41) is 4.48. The standard InChI is InChI=1S/C20H18ClN3O3/c21-14-1-2-17-16(10-14)20(27-19(25)23-17)4-6-24(7-5-20)12-15-9-13-3-8-26-18(13)11-22-15/h1-3,8-11H,4-7,12H2,(H,23,25). The van der Waals surface area contributed by atoms with Gasteiger partial charge < -0.3 is 9.15 Å². The Bertz CT molecular complexity index is 1020. The highest BCUT2D eigenvalue weighted by atomic mass is 35.5. The molecule has 0 unspecified atom stereocenters. The highest BCUT2D eigenvalue weighted by molar-refractivity contribution is 6.30. The van der Waals surface area contributed by atoms with E-state index in [9.17, 15) is 4.79 Å². The number of aromatic nitrogens is 1. The Hall–Kier alpha value is -2.57. The minimum absolute atomic E-state index is 0.398. The summed E-state index contributed by atoms with van der Waals surface area (Å²) in [6.07, 6.45) is 4.49. The van der Waals surface area contributed by atoms with Crippen molar-refractivity contribution in [1.29, 1.82) is 0 Å². The largest absolute Gasteiger partial charge is 0.463 e. The number of nitrogens with one attached hydrogen (secondary N) is 1. The van der Waals surface area contributed by atoms with Crippen molar-refractivity contribution in [2.45, 2.75) is 25.0 Å². The molecule has 2 aromatic heterocycles. The number of carbonyl (C=O) groups excluding carboxylic acids is 1. The average molecular weight is 384 g/mol. The third-order valence-corrected chi connectivity index (χ3v) is 5.68.